The number of aryl methyl sites for hydroxylation is 1. The van der Waals surface area contributed by atoms with E-state index in [4.69, 9.17) is 16.3 Å². The number of rotatable bonds is 7. The first-order valence-corrected chi connectivity index (χ1v) is 10.6. The van der Waals surface area contributed by atoms with Crippen molar-refractivity contribution in [3.05, 3.63) is 86.2 Å². The van der Waals surface area contributed by atoms with E-state index in [9.17, 15) is 19.7 Å². The van der Waals surface area contributed by atoms with Crippen LogP contribution < -0.4 is 10.2 Å². The Hall–Kier alpha value is -4.05. The molecule has 11 heteroatoms. The zero-order valence-electron chi connectivity index (χ0n) is 18.9. The van der Waals surface area contributed by atoms with Gasteiger partial charge in [0.1, 0.15) is 23.2 Å². The molecule has 0 aliphatic carbocycles. The number of aromatic nitrogens is 2. The number of amides is 1. The van der Waals surface area contributed by atoms with Gasteiger partial charge in [-0.05, 0) is 69.7 Å². The summed E-state index contributed by atoms with van der Waals surface area (Å²) in [6.45, 7) is 6.33. The van der Waals surface area contributed by atoms with E-state index >= 15 is 0 Å². The molecule has 0 saturated heterocycles. The molecule has 0 saturated carbocycles. The number of halogens is 1. The molecule has 2 aromatic carbocycles. The summed E-state index contributed by atoms with van der Waals surface area (Å²) in [5.41, 5.74) is 4.31. The third-order valence-corrected chi connectivity index (χ3v) is 5.46. The van der Waals surface area contributed by atoms with Crippen LogP contribution in [-0.4, -0.2) is 32.3 Å². The van der Waals surface area contributed by atoms with Crippen LogP contribution in [0.25, 0.3) is 0 Å². The minimum Gasteiger partial charge on any atom is -0.423 e. The van der Waals surface area contributed by atoms with E-state index in [0.717, 1.165) is 0 Å². The summed E-state index contributed by atoms with van der Waals surface area (Å²) in [6, 6.07) is 12.4. The van der Waals surface area contributed by atoms with Gasteiger partial charge < -0.3 is 4.74 Å². The van der Waals surface area contributed by atoms with Crippen molar-refractivity contribution >= 4 is 34.9 Å². The minimum atomic E-state index is -0.810. The predicted octanol–water partition coefficient (Wildman–Crippen LogP) is 4.38. The van der Waals surface area contributed by atoms with Gasteiger partial charge in [0.05, 0.1) is 21.2 Å². The lowest BCUT2D eigenvalue weighted by molar-refractivity contribution is -0.386. The highest BCUT2D eigenvalue weighted by Gasteiger charge is 2.27. The molecule has 10 nitrogen and oxygen atoms in total. The number of nitrogens with one attached hydrogen (secondary N) is 1. The van der Waals surface area contributed by atoms with Gasteiger partial charge in [-0.15, -0.1) is 0 Å². The van der Waals surface area contributed by atoms with Crippen LogP contribution >= 0.6 is 11.6 Å². The second kappa shape index (κ2) is 10.3. The fourth-order valence-electron chi connectivity index (χ4n) is 3.26. The predicted molar refractivity (Wildman–Crippen MR) is 126 cm³/mol. The third-order valence-electron chi connectivity index (χ3n) is 5.13. The van der Waals surface area contributed by atoms with E-state index in [0.29, 0.717) is 22.0 Å². The van der Waals surface area contributed by atoms with Crippen LogP contribution in [0.1, 0.15) is 47.2 Å². The molecular formula is C23H22ClN5O5. The highest BCUT2D eigenvalue weighted by atomic mass is 35.5. The number of carbonyl (C=O) groups is 2. The lowest BCUT2D eigenvalue weighted by Gasteiger charge is -2.12. The number of hydrogen-bond donors (Lipinski definition) is 1. The largest absolute Gasteiger partial charge is 0.423 e. The topological polar surface area (TPSA) is 129 Å². The molecule has 1 heterocycles. The molecule has 1 unspecified atom stereocenters. The summed E-state index contributed by atoms with van der Waals surface area (Å²) >= 11 is 6.02. The fourth-order valence-corrected chi connectivity index (χ4v) is 3.47. The molecule has 0 fully saturated rings. The van der Waals surface area contributed by atoms with Crippen LogP contribution in [0, 0.1) is 24.0 Å². The average Bonchev–Trinajstić information content (AvgIpc) is 3.11. The van der Waals surface area contributed by atoms with E-state index < -0.39 is 22.8 Å². The summed E-state index contributed by atoms with van der Waals surface area (Å²) in [6.07, 6.45) is 0. The number of ether oxygens (including phenoxy) is 1. The van der Waals surface area contributed by atoms with Crippen LogP contribution in [0.3, 0.4) is 0 Å². The lowest BCUT2D eigenvalue weighted by atomic mass is 10.1. The quantitative estimate of drug-likeness (QED) is 0.174. The summed E-state index contributed by atoms with van der Waals surface area (Å²) in [7, 11) is 0. The van der Waals surface area contributed by atoms with Gasteiger partial charge in [0, 0.05) is 0 Å². The Morgan fingerprint density at radius 1 is 1.18 bits per heavy atom. The average molecular weight is 484 g/mol. The molecule has 3 aromatic rings. The van der Waals surface area contributed by atoms with Gasteiger partial charge in [-0.1, -0.05) is 23.7 Å². The molecule has 1 amide bonds. The Balaban J connectivity index is 1.66. The van der Waals surface area contributed by atoms with Gasteiger partial charge in [-0.25, -0.2) is 10.2 Å². The summed E-state index contributed by atoms with van der Waals surface area (Å²) < 4.78 is 6.65. The van der Waals surface area contributed by atoms with Crippen LogP contribution in [-0.2, 0) is 4.79 Å². The molecule has 0 aliphatic heterocycles. The van der Waals surface area contributed by atoms with Gasteiger partial charge in [-0.3, -0.25) is 19.6 Å². The molecule has 1 N–H and O–H groups in total. The fraction of sp³-hybridized carbons (Fsp3) is 0.217. The molecule has 34 heavy (non-hydrogen) atoms. The zero-order chi connectivity index (χ0) is 25.0. The van der Waals surface area contributed by atoms with Crippen molar-refractivity contribution in [2.75, 3.05) is 0 Å². The third kappa shape index (κ3) is 5.29. The summed E-state index contributed by atoms with van der Waals surface area (Å²) in [5, 5.41) is 19.7. The molecule has 0 bridgehead atoms. The monoisotopic (exact) mass is 483 g/mol. The Labute approximate surface area is 200 Å². The number of esters is 1. The first-order chi connectivity index (χ1) is 16.1. The Morgan fingerprint density at radius 3 is 2.41 bits per heavy atom. The number of nitrogens with zero attached hydrogens (tertiary/aromatic N) is 4. The molecule has 176 valence electrons. The van der Waals surface area contributed by atoms with Crippen LogP contribution in [0.5, 0.6) is 5.75 Å². The highest BCUT2D eigenvalue weighted by molar-refractivity contribution is 6.33. The van der Waals surface area contributed by atoms with Crippen molar-refractivity contribution in [2.24, 2.45) is 5.10 Å². The van der Waals surface area contributed by atoms with Crippen molar-refractivity contribution in [1.29, 1.82) is 0 Å². The lowest BCUT2D eigenvalue weighted by Crippen LogP contribution is -2.29. The number of nitro groups is 1. The van der Waals surface area contributed by atoms with Crippen molar-refractivity contribution in [3.8, 4) is 5.75 Å². The first kappa shape index (κ1) is 24.6. The number of carbonyl (C=O) groups excluding carboxylic acids is 2. The second-order valence-electron chi connectivity index (χ2n) is 7.46. The minimum absolute atomic E-state index is 0.116. The number of hydrogen-bond acceptors (Lipinski definition) is 7. The normalized spacial score (nSPS) is 12.2. The van der Waals surface area contributed by atoms with E-state index in [-0.39, 0.29) is 22.6 Å². The van der Waals surface area contributed by atoms with Gasteiger partial charge >= 0.3 is 11.7 Å². The molecular weight excluding hydrogens is 462 g/mol. The summed E-state index contributed by atoms with van der Waals surface area (Å²) in [4.78, 5) is 35.5. The Kier molecular flexibility index (Phi) is 7.42. The molecule has 0 aliphatic rings. The maximum absolute atomic E-state index is 12.5. The highest BCUT2D eigenvalue weighted by Crippen LogP contribution is 2.24. The van der Waals surface area contributed by atoms with Crippen molar-refractivity contribution in [1.82, 2.24) is 15.2 Å². The Bertz CT molecular complexity index is 1280. The molecule has 3 rings (SSSR count). The van der Waals surface area contributed by atoms with Crippen LogP contribution in [0.2, 0.25) is 5.02 Å². The van der Waals surface area contributed by atoms with Gasteiger partial charge in [0.15, 0.2) is 0 Å². The van der Waals surface area contributed by atoms with Crippen LogP contribution in [0.4, 0.5) is 5.69 Å². The van der Waals surface area contributed by atoms with Crippen molar-refractivity contribution in [2.45, 2.75) is 33.7 Å². The van der Waals surface area contributed by atoms with E-state index in [1.807, 2.05) is 0 Å². The van der Waals surface area contributed by atoms with E-state index in [1.165, 1.54) is 18.5 Å². The second-order valence-corrected chi connectivity index (χ2v) is 7.87. The van der Waals surface area contributed by atoms with Gasteiger partial charge in [0.2, 0.25) is 0 Å². The van der Waals surface area contributed by atoms with Gasteiger partial charge in [0.25, 0.3) is 5.91 Å². The number of benzene rings is 2. The van der Waals surface area contributed by atoms with Crippen LogP contribution in [0.15, 0.2) is 53.6 Å². The summed E-state index contributed by atoms with van der Waals surface area (Å²) in [5.74, 6) is -0.732. The molecule has 0 radical (unpaired) electrons. The van der Waals surface area contributed by atoms with Crippen molar-refractivity contribution in [3.63, 3.8) is 0 Å². The number of hydrazone groups is 1. The SMILES string of the molecule is C/C(=N\NC(=O)C(C)n1nc(C)c([N+](=O)[O-])c1C)c1ccc(OC(=O)c2ccccc2Cl)cc1. The van der Waals surface area contributed by atoms with Crippen molar-refractivity contribution < 1.29 is 19.2 Å². The molecule has 0 spiro atoms. The molecule has 1 atom stereocenters. The standard InChI is InChI=1S/C23H22ClN5O5/c1-13(25-26-22(30)16(4)28-15(3)21(29(32)33)14(2)27-28)17-9-11-18(12-10-17)34-23(31)19-7-5-6-8-20(19)24/h5-12,16H,1-4H3,(H,26,30)/b25-13+. The van der Waals surface area contributed by atoms with E-state index in [1.54, 1.807) is 62.4 Å². The zero-order valence-corrected chi connectivity index (χ0v) is 19.7. The first-order valence-electron chi connectivity index (χ1n) is 10.2. The molecule has 1 aromatic heterocycles. The van der Waals surface area contributed by atoms with E-state index in [2.05, 4.69) is 15.6 Å². The maximum Gasteiger partial charge on any atom is 0.345 e. The maximum atomic E-state index is 12.5. The smallest absolute Gasteiger partial charge is 0.345 e. The Morgan fingerprint density at radius 2 is 1.82 bits per heavy atom. The van der Waals surface area contributed by atoms with Gasteiger partial charge in [-0.2, -0.15) is 10.2 Å².